The summed E-state index contributed by atoms with van der Waals surface area (Å²) < 4.78 is 24.4. The van der Waals surface area contributed by atoms with Crippen molar-refractivity contribution in [2.75, 3.05) is 0 Å². The van der Waals surface area contributed by atoms with Crippen LogP contribution in [-0.4, -0.2) is 14.1 Å². The number of benzene rings is 1. The van der Waals surface area contributed by atoms with Crippen molar-refractivity contribution in [2.24, 2.45) is 10.5 Å². The minimum absolute atomic E-state index is 0.118. The van der Waals surface area contributed by atoms with Crippen molar-refractivity contribution >= 4 is 15.7 Å². The lowest BCUT2D eigenvalue weighted by Crippen LogP contribution is -2.25. The zero-order chi connectivity index (χ0) is 15.7. The maximum atomic E-state index is 12.2. The van der Waals surface area contributed by atoms with Crippen LogP contribution in [0.1, 0.15) is 39.2 Å². The molecule has 1 aromatic rings. The van der Waals surface area contributed by atoms with Crippen LogP contribution >= 0.6 is 0 Å². The van der Waals surface area contributed by atoms with Crippen LogP contribution in [0.2, 0.25) is 0 Å². The monoisotopic (exact) mass is 306 g/mol. The van der Waals surface area contributed by atoms with Gasteiger partial charge in [0.15, 0.2) is 0 Å². The lowest BCUT2D eigenvalue weighted by atomic mass is 9.77. The van der Waals surface area contributed by atoms with Crippen LogP contribution in [0.25, 0.3) is 0 Å². The maximum Gasteiger partial charge on any atom is 0.276 e. The first-order valence-electron chi connectivity index (χ1n) is 7.00. The second-order valence-electron chi connectivity index (χ2n) is 6.52. The van der Waals surface area contributed by atoms with Crippen molar-refractivity contribution in [3.05, 3.63) is 41.5 Å². The van der Waals surface area contributed by atoms with E-state index in [-0.39, 0.29) is 10.3 Å². The molecule has 0 fully saturated rings. The molecule has 0 heterocycles. The van der Waals surface area contributed by atoms with E-state index in [1.54, 1.807) is 24.3 Å². The molecule has 1 aliphatic carbocycles. The molecule has 0 aromatic heterocycles. The van der Waals surface area contributed by atoms with Crippen LogP contribution < -0.4 is 4.83 Å². The van der Waals surface area contributed by atoms with Crippen LogP contribution in [0.5, 0.6) is 0 Å². The number of hydrazone groups is 1. The number of rotatable bonds is 3. The molecule has 114 valence electrons. The SMILES string of the molecule is CC1=C/C(=N/NS(=O)(=O)c2ccc(C)cc2)CC(C)(C)C1. The number of aryl methyl sites for hydroxylation is 1. The number of nitrogens with one attached hydrogen (secondary N) is 1. The number of allylic oxidation sites excluding steroid dienone is 2. The molecule has 0 saturated carbocycles. The van der Waals surface area contributed by atoms with Gasteiger partial charge in [0.25, 0.3) is 10.0 Å². The molecule has 1 N–H and O–H groups in total. The molecule has 0 saturated heterocycles. The fraction of sp³-hybridized carbons (Fsp3) is 0.438. The van der Waals surface area contributed by atoms with Gasteiger partial charge in [-0.05, 0) is 50.3 Å². The van der Waals surface area contributed by atoms with E-state index >= 15 is 0 Å². The molecule has 4 nitrogen and oxygen atoms in total. The van der Waals surface area contributed by atoms with Crippen molar-refractivity contribution in [1.29, 1.82) is 0 Å². The zero-order valence-electron chi connectivity index (χ0n) is 13.0. The standard InChI is InChI=1S/C16H22N2O2S/c1-12-5-7-15(8-6-12)21(19,20)18-17-14-9-13(2)10-16(3,4)11-14/h5-9,18H,10-11H2,1-4H3/b17-14-. The first-order chi connectivity index (χ1) is 9.68. The van der Waals surface area contributed by atoms with Gasteiger partial charge in [-0.2, -0.15) is 18.4 Å². The Morgan fingerprint density at radius 1 is 1.10 bits per heavy atom. The minimum Gasteiger partial charge on any atom is -0.200 e. The normalized spacial score (nSPS) is 20.2. The molecule has 1 aromatic carbocycles. The average Bonchev–Trinajstić information content (AvgIpc) is 2.35. The van der Waals surface area contributed by atoms with E-state index in [0.29, 0.717) is 0 Å². The molecule has 2 rings (SSSR count). The highest BCUT2D eigenvalue weighted by Crippen LogP contribution is 2.33. The lowest BCUT2D eigenvalue weighted by Gasteiger charge is -2.29. The van der Waals surface area contributed by atoms with E-state index in [1.165, 1.54) is 5.57 Å². The Labute approximate surface area is 127 Å². The summed E-state index contributed by atoms with van der Waals surface area (Å²) in [6, 6.07) is 6.72. The molecule has 0 radical (unpaired) electrons. The van der Waals surface area contributed by atoms with E-state index in [2.05, 4.69) is 23.8 Å². The Bertz CT molecular complexity index is 683. The van der Waals surface area contributed by atoms with Gasteiger partial charge in [-0.25, -0.2) is 0 Å². The van der Waals surface area contributed by atoms with Crippen molar-refractivity contribution in [1.82, 2.24) is 4.83 Å². The predicted molar refractivity (Wildman–Crippen MR) is 85.7 cm³/mol. The summed E-state index contributed by atoms with van der Waals surface area (Å²) in [5.74, 6) is 0. The fourth-order valence-electron chi connectivity index (χ4n) is 2.65. The molecule has 0 atom stereocenters. The van der Waals surface area contributed by atoms with Gasteiger partial charge in [0.05, 0.1) is 10.6 Å². The van der Waals surface area contributed by atoms with E-state index in [9.17, 15) is 8.42 Å². The molecular formula is C16H22N2O2S. The van der Waals surface area contributed by atoms with Gasteiger partial charge in [0.1, 0.15) is 0 Å². The third-order valence-electron chi connectivity index (χ3n) is 3.47. The van der Waals surface area contributed by atoms with Gasteiger partial charge in [0.2, 0.25) is 0 Å². The Morgan fingerprint density at radius 2 is 1.71 bits per heavy atom. The van der Waals surface area contributed by atoms with E-state index in [0.717, 1.165) is 24.1 Å². The Morgan fingerprint density at radius 3 is 2.29 bits per heavy atom. The largest absolute Gasteiger partial charge is 0.276 e. The molecule has 0 aliphatic heterocycles. The highest BCUT2D eigenvalue weighted by atomic mass is 32.2. The van der Waals surface area contributed by atoms with Gasteiger partial charge in [-0.15, -0.1) is 0 Å². The van der Waals surface area contributed by atoms with Crippen LogP contribution in [0.15, 0.2) is 45.9 Å². The third kappa shape index (κ3) is 4.17. The summed E-state index contributed by atoms with van der Waals surface area (Å²) in [5, 5.41) is 4.10. The zero-order valence-corrected chi connectivity index (χ0v) is 13.8. The summed E-state index contributed by atoms with van der Waals surface area (Å²) in [5.41, 5.74) is 3.14. The average molecular weight is 306 g/mol. The first-order valence-corrected chi connectivity index (χ1v) is 8.48. The summed E-state index contributed by atoms with van der Waals surface area (Å²) in [7, 11) is -3.60. The van der Waals surface area contributed by atoms with Gasteiger partial charge >= 0.3 is 0 Å². The Hall–Kier alpha value is -1.62. The van der Waals surface area contributed by atoms with Gasteiger partial charge in [-0.3, -0.25) is 0 Å². The highest BCUT2D eigenvalue weighted by Gasteiger charge is 2.25. The van der Waals surface area contributed by atoms with Crippen molar-refractivity contribution in [3.8, 4) is 0 Å². The summed E-state index contributed by atoms with van der Waals surface area (Å²) in [6.45, 7) is 8.29. The van der Waals surface area contributed by atoms with Crippen LogP contribution in [0.3, 0.4) is 0 Å². The summed E-state index contributed by atoms with van der Waals surface area (Å²) in [4.78, 5) is 2.57. The van der Waals surface area contributed by atoms with Crippen LogP contribution in [0, 0.1) is 12.3 Å². The molecule has 0 spiro atoms. The molecule has 21 heavy (non-hydrogen) atoms. The minimum atomic E-state index is -3.60. The molecule has 5 heteroatoms. The van der Waals surface area contributed by atoms with Crippen LogP contribution in [0.4, 0.5) is 0 Å². The van der Waals surface area contributed by atoms with Crippen molar-refractivity contribution < 1.29 is 8.42 Å². The number of hydrogen-bond donors (Lipinski definition) is 1. The molecule has 0 bridgehead atoms. The molecular weight excluding hydrogens is 284 g/mol. The quantitative estimate of drug-likeness (QED) is 0.870. The Balaban J connectivity index is 2.20. The predicted octanol–water partition coefficient (Wildman–Crippen LogP) is 3.40. The number of sulfonamides is 1. The highest BCUT2D eigenvalue weighted by molar-refractivity contribution is 7.89. The van der Waals surface area contributed by atoms with Gasteiger partial charge in [-0.1, -0.05) is 37.1 Å². The van der Waals surface area contributed by atoms with Crippen molar-refractivity contribution in [3.63, 3.8) is 0 Å². The smallest absolute Gasteiger partial charge is 0.200 e. The number of hydrogen-bond acceptors (Lipinski definition) is 3. The maximum absolute atomic E-state index is 12.2. The summed E-state index contributed by atoms with van der Waals surface area (Å²) >= 11 is 0. The second kappa shape index (κ2) is 5.64. The van der Waals surface area contributed by atoms with Crippen molar-refractivity contribution in [2.45, 2.75) is 45.4 Å². The Kier molecular flexibility index (Phi) is 4.23. The van der Waals surface area contributed by atoms with E-state index in [1.807, 2.05) is 19.9 Å². The second-order valence-corrected chi connectivity index (χ2v) is 8.18. The lowest BCUT2D eigenvalue weighted by molar-refractivity contribution is 0.373. The van der Waals surface area contributed by atoms with Gasteiger partial charge < -0.3 is 0 Å². The molecule has 1 aliphatic rings. The van der Waals surface area contributed by atoms with E-state index in [4.69, 9.17) is 0 Å². The third-order valence-corrected chi connectivity index (χ3v) is 4.70. The summed E-state index contributed by atoms with van der Waals surface area (Å²) in [6.07, 6.45) is 3.74. The van der Waals surface area contributed by atoms with Gasteiger partial charge in [0, 0.05) is 0 Å². The van der Waals surface area contributed by atoms with E-state index < -0.39 is 10.0 Å². The fourth-order valence-corrected chi connectivity index (χ4v) is 3.49. The molecule has 0 amide bonds. The van der Waals surface area contributed by atoms with Crippen LogP contribution in [-0.2, 0) is 10.0 Å². The number of nitrogens with zero attached hydrogens (tertiary/aromatic N) is 1. The molecule has 0 unspecified atom stereocenters. The first kappa shape index (κ1) is 15.8. The topological polar surface area (TPSA) is 58.5 Å².